The molecule has 2 aliphatic rings. The van der Waals surface area contributed by atoms with Crippen molar-refractivity contribution >= 4 is 41.8 Å². The molecule has 1 N–H and O–H groups in total. The molecule has 0 radical (unpaired) electrons. The number of halogens is 1. The summed E-state index contributed by atoms with van der Waals surface area (Å²) in [4.78, 5) is 34.1. The molecular weight excluding hydrogens is 449 g/mol. The maximum atomic E-state index is 12.4. The Labute approximate surface area is 172 Å². The molecule has 9 heteroatoms. The number of rotatable bonds is 5. The van der Waals surface area contributed by atoms with Crippen molar-refractivity contribution in [3.05, 3.63) is 12.7 Å². The number of likely N-dealkylation sites (N-methyl/N-ethyl adjacent to an activating group) is 1. The van der Waals surface area contributed by atoms with Crippen LogP contribution in [-0.4, -0.2) is 98.5 Å². The zero-order valence-corrected chi connectivity index (χ0v) is 18.0. The standard InChI is InChI=1S/C17H29N5O3.HI/c1-4-7-18-17(19-13-15(23)20(2)3)22-10-8-21(9-11-22)16(24)14-6-5-12-25-14;/h4,14H,1,5-13H2,2-3H3,(H,18,19);1H. The average Bonchev–Trinajstić information content (AvgIpc) is 3.15. The fourth-order valence-electron chi connectivity index (χ4n) is 2.83. The third-order valence-electron chi connectivity index (χ3n) is 4.36. The van der Waals surface area contributed by atoms with E-state index in [1.165, 1.54) is 4.90 Å². The summed E-state index contributed by atoms with van der Waals surface area (Å²) >= 11 is 0. The van der Waals surface area contributed by atoms with E-state index in [9.17, 15) is 9.59 Å². The van der Waals surface area contributed by atoms with Gasteiger partial charge in [-0.2, -0.15) is 0 Å². The molecule has 26 heavy (non-hydrogen) atoms. The molecule has 2 fully saturated rings. The van der Waals surface area contributed by atoms with Gasteiger partial charge in [0.15, 0.2) is 5.96 Å². The van der Waals surface area contributed by atoms with Gasteiger partial charge in [0.05, 0.1) is 0 Å². The van der Waals surface area contributed by atoms with E-state index in [1.807, 2.05) is 4.90 Å². The van der Waals surface area contributed by atoms with Gasteiger partial charge in [0.25, 0.3) is 5.91 Å². The van der Waals surface area contributed by atoms with Crippen LogP contribution in [0.4, 0.5) is 0 Å². The van der Waals surface area contributed by atoms with Crippen molar-refractivity contribution in [1.29, 1.82) is 0 Å². The first-order valence-electron chi connectivity index (χ1n) is 8.77. The van der Waals surface area contributed by atoms with Crippen LogP contribution in [0.2, 0.25) is 0 Å². The Balaban J connectivity index is 0.00000338. The molecular formula is C17H30IN5O3. The van der Waals surface area contributed by atoms with Gasteiger partial charge in [0.2, 0.25) is 5.91 Å². The van der Waals surface area contributed by atoms with E-state index in [0.29, 0.717) is 45.3 Å². The molecule has 0 aromatic carbocycles. The highest BCUT2D eigenvalue weighted by Crippen LogP contribution is 2.16. The highest BCUT2D eigenvalue weighted by molar-refractivity contribution is 14.0. The van der Waals surface area contributed by atoms with Crippen molar-refractivity contribution in [1.82, 2.24) is 20.0 Å². The van der Waals surface area contributed by atoms with Gasteiger partial charge in [0, 0.05) is 53.4 Å². The van der Waals surface area contributed by atoms with E-state index in [1.54, 1.807) is 20.2 Å². The monoisotopic (exact) mass is 479 g/mol. The van der Waals surface area contributed by atoms with Crippen LogP contribution in [0, 0.1) is 0 Å². The molecule has 0 aromatic heterocycles. The number of amides is 2. The number of nitrogens with zero attached hydrogens (tertiary/aromatic N) is 4. The van der Waals surface area contributed by atoms with Crippen LogP contribution in [0.15, 0.2) is 17.6 Å². The minimum Gasteiger partial charge on any atom is -0.368 e. The van der Waals surface area contributed by atoms with E-state index in [-0.39, 0.29) is 48.4 Å². The molecule has 0 aromatic rings. The predicted octanol–water partition coefficient (Wildman–Crippen LogP) is 0.147. The minimum absolute atomic E-state index is 0. The van der Waals surface area contributed by atoms with Gasteiger partial charge >= 0.3 is 0 Å². The Morgan fingerprint density at radius 3 is 2.46 bits per heavy atom. The molecule has 2 saturated heterocycles. The third-order valence-corrected chi connectivity index (χ3v) is 4.36. The smallest absolute Gasteiger partial charge is 0.251 e. The van der Waals surface area contributed by atoms with Gasteiger partial charge in [-0.25, -0.2) is 4.99 Å². The number of aliphatic imine (C=N–C) groups is 1. The first-order chi connectivity index (χ1) is 12.0. The maximum Gasteiger partial charge on any atom is 0.251 e. The first-order valence-corrected chi connectivity index (χ1v) is 8.77. The van der Waals surface area contributed by atoms with Crippen molar-refractivity contribution in [2.45, 2.75) is 18.9 Å². The molecule has 2 heterocycles. The van der Waals surface area contributed by atoms with Gasteiger partial charge in [0.1, 0.15) is 12.6 Å². The second-order valence-corrected chi connectivity index (χ2v) is 6.41. The molecule has 2 rings (SSSR count). The van der Waals surface area contributed by atoms with Gasteiger partial charge in [-0.3, -0.25) is 9.59 Å². The lowest BCUT2D eigenvalue weighted by Gasteiger charge is -2.37. The number of guanidine groups is 1. The normalized spacial score (nSPS) is 20.4. The van der Waals surface area contributed by atoms with Gasteiger partial charge in [-0.15, -0.1) is 30.6 Å². The number of carbonyl (C=O) groups excluding carboxylic acids is 2. The molecule has 0 bridgehead atoms. The van der Waals surface area contributed by atoms with Crippen LogP contribution in [0.25, 0.3) is 0 Å². The minimum atomic E-state index is -0.267. The number of carbonyl (C=O) groups is 2. The van der Waals surface area contributed by atoms with E-state index in [4.69, 9.17) is 4.74 Å². The maximum absolute atomic E-state index is 12.4. The van der Waals surface area contributed by atoms with Crippen LogP contribution >= 0.6 is 24.0 Å². The van der Waals surface area contributed by atoms with Crippen molar-refractivity contribution in [2.75, 3.05) is 60.0 Å². The summed E-state index contributed by atoms with van der Waals surface area (Å²) in [6.45, 7) is 7.68. The lowest BCUT2D eigenvalue weighted by Crippen LogP contribution is -2.55. The lowest BCUT2D eigenvalue weighted by molar-refractivity contribution is -0.142. The molecule has 8 nitrogen and oxygen atoms in total. The zero-order valence-electron chi connectivity index (χ0n) is 15.6. The Bertz CT molecular complexity index is 513. The van der Waals surface area contributed by atoms with Crippen LogP contribution in [0.3, 0.4) is 0 Å². The highest BCUT2D eigenvalue weighted by atomic mass is 127. The van der Waals surface area contributed by atoms with E-state index < -0.39 is 0 Å². The topological polar surface area (TPSA) is 77.5 Å². The molecule has 0 aliphatic carbocycles. The van der Waals surface area contributed by atoms with E-state index in [2.05, 4.69) is 21.8 Å². The molecule has 2 amide bonds. The number of hydrogen-bond acceptors (Lipinski definition) is 4. The van der Waals surface area contributed by atoms with E-state index >= 15 is 0 Å². The molecule has 1 unspecified atom stereocenters. The fraction of sp³-hybridized carbons (Fsp3) is 0.706. The van der Waals surface area contributed by atoms with E-state index in [0.717, 1.165) is 12.8 Å². The van der Waals surface area contributed by atoms with Crippen molar-refractivity contribution < 1.29 is 14.3 Å². The number of piperazine rings is 1. The molecule has 0 saturated carbocycles. The van der Waals surface area contributed by atoms with Crippen molar-refractivity contribution in [3.63, 3.8) is 0 Å². The summed E-state index contributed by atoms with van der Waals surface area (Å²) in [6, 6.07) is 0. The third kappa shape index (κ3) is 6.42. The lowest BCUT2D eigenvalue weighted by atomic mass is 10.2. The van der Waals surface area contributed by atoms with Crippen molar-refractivity contribution in [2.24, 2.45) is 4.99 Å². The second kappa shape index (κ2) is 11.4. The number of ether oxygens (including phenoxy) is 1. The Morgan fingerprint density at radius 1 is 1.27 bits per heavy atom. The van der Waals surface area contributed by atoms with Crippen molar-refractivity contribution in [3.8, 4) is 0 Å². The average molecular weight is 479 g/mol. The summed E-state index contributed by atoms with van der Waals surface area (Å²) in [7, 11) is 3.42. The first kappa shape index (κ1) is 22.7. The van der Waals surface area contributed by atoms with Crippen LogP contribution < -0.4 is 5.32 Å². The van der Waals surface area contributed by atoms with Gasteiger partial charge in [-0.05, 0) is 12.8 Å². The molecule has 2 aliphatic heterocycles. The Kier molecular flexibility index (Phi) is 9.92. The van der Waals surface area contributed by atoms with Gasteiger partial charge in [-0.1, -0.05) is 6.08 Å². The summed E-state index contributed by atoms with van der Waals surface area (Å²) in [5.74, 6) is 0.724. The SMILES string of the molecule is C=CCNC(=NCC(=O)N(C)C)N1CCN(C(=O)C2CCCO2)CC1.I. The summed E-state index contributed by atoms with van der Waals surface area (Å²) < 4.78 is 5.49. The summed E-state index contributed by atoms with van der Waals surface area (Å²) in [6.07, 6.45) is 3.26. The highest BCUT2D eigenvalue weighted by Gasteiger charge is 2.30. The molecule has 0 spiro atoms. The molecule has 148 valence electrons. The largest absolute Gasteiger partial charge is 0.368 e. The quantitative estimate of drug-likeness (QED) is 0.263. The second-order valence-electron chi connectivity index (χ2n) is 6.41. The number of nitrogens with one attached hydrogen (secondary N) is 1. The zero-order chi connectivity index (χ0) is 18.2. The fourth-order valence-corrected chi connectivity index (χ4v) is 2.83. The van der Waals surface area contributed by atoms with Crippen LogP contribution in [0.1, 0.15) is 12.8 Å². The number of hydrogen-bond donors (Lipinski definition) is 1. The van der Waals surface area contributed by atoms with Crippen LogP contribution in [0.5, 0.6) is 0 Å². The predicted molar refractivity (Wildman–Crippen MR) is 112 cm³/mol. The molecule has 1 atom stereocenters. The summed E-state index contributed by atoms with van der Waals surface area (Å²) in [5.41, 5.74) is 0. The Morgan fingerprint density at radius 2 is 1.92 bits per heavy atom. The summed E-state index contributed by atoms with van der Waals surface area (Å²) in [5, 5.41) is 3.19. The van der Waals surface area contributed by atoms with Crippen LogP contribution in [-0.2, 0) is 14.3 Å². The Hall–Kier alpha value is -1.36. The van der Waals surface area contributed by atoms with Gasteiger partial charge < -0.3 is 24.8 Å².